The van der Waals surface area contributed by atoms with E-state index in [0.29, 0.717) is 0 Å². The molecular formula is C8H10O2. The summed E-state index contributed by atoms with van der Waals surface area (Å²) in [5, 5.41) is 0. The molecule has 0 amide bonds. The van der Waals surface area contributed by atoms with E-state index in [1.54, 1.807) is 0 Å². The fraction of sp³-hybridized carbons (Fsp3) is 0.500. The molecule has 0 aliphatic heterocycles. The Kier molecular flexibility index (Phi) is 3.57. The zero-order chi connectivity index (χ0) is 8.04. The first-order valence-electron chi connectivity index (χ1n) is 2.76. The summed E-state index contributed by atoms with van der Waals surface area (Å²) in [6.07, 6.45) is 10.4. The minimum Gasteiger partial charge on any atom is -0.342 e. The molecule has 0 bridgehead atoms. The molecule has 0 aliphatic rings. The zero-order valence-corrected chi connectivity index (χ0v) is 6.18. The van der Waals surface area contributed by atoms with Crippen molar-refractivity contribution in [3.8, 4) is 24.7 Å². The Morgan fingerprint density at radius 2 is 1.80 bits per heavy atom. The molecule has 0 N–H and O–H groups in total. The van der Waals surface area contributed by atoms with Gasteiger partial charge in [0.2, 0.25) is 5.79 Å². The van der Waals surface area contributed by atoms with Crippen LogP contribution in [0.3, 0.4) is 0 Å². The van der Waals surface area contributed by atoms with Crippen LogP contribution in [0.4, 0.5) is 0 Å². The van der Waals surface area contributed by atoms with Crippen molar-refractivity contribution in [2.24, 2.45) is 0 Å². The standard InChI is InChI=1S/C8H10O2/c1-5-7-8(6-2,9-3)10-4/h1-2H,7H2,3-4H3. The molecule has 0 aliphatic carbocycles. The van der Waals surface area contributed by atoms with Crippen molar-refractivity contribution < 1.29 is 9.47 Å². The highest BCUT2D eigenvalue weighted by molar-refractivity contribution is 5.08. The van der Waals surface area contributed by atoms with Crippen LogP contribution in [0.15, 0.2) is 0 Å². The largest absolute Gasteiger partial charge is 0.342 e. The van der Waals surface area contributed by atoms with Gasteiger partial charge in [0.15, 0.2) is 0 Å². The van der Waals surface area contributed by atoms with Crippen molar-refractivity contribution in [2.45, 2.75) is 12.2 Å². The Balaban J connectivity index is 4.23. The van der Waals surface area contributed by atoms with E-state index in [4.69, 9.17) is 22.3 Å². The Morgan fingerprint density at radius 3 is 1.90 bits per heavy atom. The van der Waals surface area contributed by atoms with Crippen molar-refractivity contribution in [2.75, 3.05) is 14.2 Å². The van der Waals surface area contributed by atoms with Crippen LogP contribution in [0, 0.1) is 24.7 Å². The lowest BCUT2D eigenvalue weighted by atomic mass is 10.2. The lowest BCUT2D eigenvalue weighted by molar-refractivity contribution is -0.157. The Hall–Kier alpha value is -0.960. The Bertz CT molecular complexity index is 167. The first-order valence-corrected chi connectivity index (χ1v) is 2.76. The van der Waals surface area contributed by atoms with Gasteiger partial charge in [-0.15, -0.1) is 12.8 Å². The molecule has 0 spiro atoms. The average Bonchev–Trinajstić information content (AvgIpc) is 2.01. The van der Waals surface area contributed by atoms with E-state index in [1.807, 2.05) is 0 Å². The first-order chi connectivity index (χ1) is 4.74. The summed E-state index contributed by atoms with van der Waals surface area (Å²) in [6.45, 7) is 0. The van der Waals surface area contributed by atoms with E-state index in [9.17, 15) is 0 Å². The maximum Gasteiger partial charge on any atom is 0.244 e. The highest BCUT2D eigenvalue weighted by Crippen LogP contribution is 2.13. The predicted molar refractivity (Wildman–Crippen MR) is 39.0 cm³/mol. The fourth-order valence-corrected chi connectivity index (χ4v) is 0.531. The number of hydrogen-bond acceptors (Lipinski definition) is 2. The molecule has 0 heterocycles. The van der Waals surface area contributed by atoms with Crippen LogP contribution in [0.25, 0.3) is 0 Å². The van der Waals surface area contributed by atoms with Gasteiger partial charge in [-0.3, -0.25) is 0 Å². The summed E-state index contributed by atoms with van der Waals surface area (Å²) in [6, 6.07) is 0. The van der Waals surface area contributed by atoms with Crippen molar-refractivity contribution in [3.63, 3.8) is 0 Å². The van der Waals surface area contributed by atoms with Gasteiger partial charge < -0.3 is 9.47 Å². The van der Waals surface area contributed by atoms with Crippen LogP contribution in [-0.4, -0.2) is 20.0 Å². The fourth-order valence-electron chi connectivity index (χ4n) is 0.531. The lowest BCUT2D eigenvalue weighted by Crippen LogP contribution is -2.30. The smallest absolute Gasteiger partial charge is 0.244 e. The maximum absolute atomic E-state index is 5.12. The van der Waals surface area contributed by atoms with Crippen LogP contribution in [0.5, 0.6) is 0 Å². The van der Waals surface area contributed by atoms with Gasteiger partial charge in [0.25, 0.3) is 0 Å². The van der Waals surface area contributed by atoms with Gasteiger partial charge in [0, 0.05) is 14.2 Å². The highest BCUT2D eigenvalue weighted by Gasteiger charge is 2.24. The highest BCUT2D eigenvalue weighted by atomic mass is 16.7. The summed E-state index contributed by atoms with van der Waals surface area (Å²) >= 11 is 0. The second-order valence-electron chi connectivity index (χ2n) is 1.69. The quantitative estimate of drug-likeness (QED) is 0.420. The van der Waals surface area contributed by atoms with E-state index < -0.39 is 5.79 Å². The Labute approximate surface area is 61.5 Å². The molecule has 0 fully saturated rings. The van der Waals surface area contributed by atoms with Gasteiger partial charge in [-0.2, -0.15) is 0 Å². The van der Waals surface area contributed by atoms with E-state index in [-0.39, 0.29) is 6.42 Å². The van der Waals surface area contributed by atoms with Gasteiger partial charge in [-0.1, -0.05) is 5.92 Å². The van der Waals surface area contributed by atoms with E-state index in [1.165, 1.54) is 14.2 Å². The summed E-state index contributed by atoms with van der Waals surface area (Å²) in [4.78, 5) is 0. The topological polar surface area (TPSA) is 18.5 Å². The molecular weight excluding hydrogens is 128 g/mol. The molecule has 0 saturated carbocycles. The van der Waals surface area contributed by atoms with Crippen LogP contribution < -0.4 is 0 Å². The molecule has 2 heteroatoms. The van der Waals surface area contributed by atoms with E-state index >= 15 is 0 Å². The second kappa shape index (κ2) is 3.95. The summed E-state index contributed by atoms with van der Waals surface area (Å²) in [5.74, 6) is 3.66. The second-order valence-corrected chi connectivity index (χ2v) is 1.69. The number of hydrogen-bond donors (Lipinski definition) is 0. The van der Waals surface area contributed by atoms with Crippen LogP contribution >= 0.6 is 0 Å². The van der Waals surface area contributed by atoms with Crippen molar-refractivity contribution in [1.29, 1.82) is 0 Å². The minimum absolute atomic E-state index is 0.260. The first kappa shape index (κ1) is 9.04. The molecule has 0 saturated heterocycles. The van der Waals surface area contributed by atoms with Crippen molar-refractivity contribution in [3.05, 3.63) is 0 Å². The molecule has 0 radical (unpaired) electrons. The van der Waals surface area contributed by atoms with E-state index in [0.717, 1.165) is 0 Å². The van der Waals surface area contributed by atoms with Crippen molar-refractivity contribution in [1.82, 2.24) is 0 Å². The number of terminal acetylenes is 2. The number of rotatable bonds is 3. The van der Waals surface area contributed by atoms with Crippen LogP contribution in [0.1, 0.15) is 6.42 Å². The summed E-state index contributed by atoms with van der Waals surface area (Å²) in [7, 11) is 2.92. The molecule has 0 unspecified atom stereocenters. The van der Waals surface area contributed by atoms with Crippen molar-refractivity contribution >= 4 is 0 Å². The van der Waals surface area contributed by atoms with Gasteiger partial charge in [-0.25, -0.2) is 0 Å². The zero-order valence-electron chi connectivity index (χ0n) is 6.18. The number of methoxy groups -OCH3 is 2. The molecule has 0 aromatic carbocycles. The third-order valence-electron chi connectivity index (χ3n) is 1.21. The summed E-state index contributed by atoms with van der Waals surface area (Å²) < 4.78 is 9.75. The lowest BCUT2D eigenvalue weighted by Gasteiger charge is -2.21. The number of ether oxygens (including phenoxy) is 2. The minimum atomic E-state index is -1.03. The van der Waals surface area contributed by atoms with E-state index in [2.05, 4.69) is 11.8 Å². The molecule has 0 rings (SSSR count). The molecule has 10 heavy (non-hydrogen) atoms. The third-order valence-corrected chi connectivity index (χ3v) is 1.21. The molecule has 0 aromatic rings. The van der Waals surface area contributed by atoms with Gasteiger partial charge >= 0.3 is 0 Å². The van der Waals surface area contributed by atoms with Crippen LogP contribution in [-0.2, 0) is 9.47 Å². The molecule has 54 valence electrons. The predicted octanol–water partition coefficient (Wildman–Crippen LogP) is 0.632. The normalized spacial score (nSPS) is 10.0. The van der Waals surface area contributed by atoms with Gasteiger partial charge in [0.1, 0.15) is 0 Å². The monoisotopic (exact) mass is 138 g/mol. The average molecular weight is 138 g/mol. The third kappa shape index (κ3) is 1.77. The molecule has 0 atom stereocenters. The maximum atomic E-state index is 5.12. The summed E-state index contributed by atoms with van der Waals surface area (Å²) in [5.41, 5.74) is 0. The van der Waals surface area contributed by atoms with Gasteiger partial charge in [-0.05, 0) is 5.92 Å². The Morgan fingerprint density at radius 1 is 1.30 bits per heavy atom. The van der Waals surface area contributed by atoms with Crippen LogP contribution in [0.2, 0.25) is 0 Å². The molecule has 0 aromatic heterocycles. The van der Waals surface area contributed by atoms with Gasteiger partial charge in [0.05, 0.1) is 6.42 Å². The molecule has 2 nitrogen and oxygen atoms in total. The SMILES string of the molecule is C#CCC(C#C)(OC)OC.